The summed E-state index contributed by atoms with van der Waals surface area (Å²) in [7, 11) is 0. The van der Waals surface area contributed by atoms with Crippen LogP contribution in [0.4, 0.5) is 0 Å². The molecule has 0 saturated heterocycles. The van der Waals surface area contributed by atoms with E-state index in [1.54, 1.807) is 0 Å². The molecule has 0 radical (unpaired) electrons. The molecule has 1 fully saturated rings. The van der Waals surface area contributed by atoms with Gasteiger partial charge in [0.2, 0.25) is 0 Å². The highest BCUT2D eigenvalue weighted by Gasteiger charge is 2.33. The fourth-order valence-electron chi connectivity index (χ4n) is 2.25. The molecule has 1 saturated carbocycles. The highest BCUT2D eigenvalue weighted by Crippen LogP contribution is 2.44. The van der Waals surface area contributed by atoms with Crippen LogP contribution in [-0.4, -0.2) is 6.29 Å². The van der Waals surface area contributed by atoms with Gasteiger partial charge in [-0.15, -0.1) is 0 Å². The van der Waals surface area contributed by atoms with Crippen molar-refractivity contribution in [3.63, 3.8) is 0 Å². The van der Waals surface area contributed by atoms with Crippen LogP contribution >= 0.6 is 0 Å². The summed E-state index contributed by atoms with van der Waals surface area (Å²) in [6, 6.07) is 0. The van der Waals surface area contributed by atoms with Gasteiger partial charge in [0, 0.05) is 6.42 Å². The summed E-state index contributed by atoms with van der Waals surface area (Å²) in [6.07, 6.45) is 5.27. The smallest absolute Gasteiger partial charge is 0.120 e. The second kappa shape index (κ2) is 3.42. The largest absolute Gasteiger partial charge is 0.303 e. The SMILES string of the molecule is C=C1CCCC(C)(C)[C@H]1CC=O. The Morgan fingerprint density at radius 2 is 2.33 bits per heavy atom. The predicted octanol–water partition coefficient (Wildman–Crippen LogP) is 2.96. The molecule has 1 nitrogen and oxygen atoms in total. The zero-order chi connectivity index (χ0) is 9.19. The standard InChI is InChI=1S/C11H18O/c1-9-5-4-7-11(2,3)10(9)6-8-12/h8,10H,1,4-7H2,2-3H3/t10-/m0/s1. The lowest BCUT2D eigenvalue weighted by atomic mass is 9.66. The quantitative estimate of drug-likeness (QED) is 0.455. The number of allylic oxidation sites excluding steroid dienone is 1. The van der Waals surface area contributed by atoms with Crippen molar-refractivity contribution < 1.29 is 4.79 Å². The number of aldehydes is 1. The molecule has 0 heterocycles. The van der Waals surface area contributed by atoms with Crippen LogP contribution in [-0.2, 0) is 4.79 Å². The van der Waals surface area contributed by atoms with E-state index >= 15 is 0 Å². The van der Waals surface area contributed by atoms with E-state index in [1.807, 2.05) is 0 Å². The molecule has 0 aromatic heterocycles. The molecule has 1 heteroatoms. The zero-order valence-corrected chi connectivity index (χ0v) is 8.10. The van der Waals surface area contributed by atoms with Crippen molar-refractivity contribution in [1.29, 1.82) is 0 Å². The first-order valence-electron chi connectivity index (χ1n) is 4.69. The zero-order valence-electron chi connectivity index (χ0n) is 8.10. The van der Waals surface area contributed by atoms with Crippen LogP contribution in [0, 0.1) is 11.3 Å². The number of hydrogen-bond acceptors (Lipinski definition) is 1. The van der Waals surface area contributed by atoms with Gasteiger partial charge < -0.3 is 4.79 Å². The van der Waals surface area contributed by atoms with Gasteiger partial charge in [-0.05, 0) is 30.6 Å². The topological polar surface area (TPSA) is 17.1 Å². The molecule has 0 N–H and O–H groups in total. The molecule has 0 aromatic carbocycles. The molecule has 0 amide bonds. The van der Waals surface area contributed by atoms with Crippen LogP contribution < -0.4 is 0 Å². The van der Waals surface area contributed by atoms with Gasteiger partial charge in [0.25, 0.3) is 0 Å². The van der Waals surface area contributed by atoms with Gasteiger partial charge in [0.05, 0.1) is 0 Å². The van der Waals surface area contributed by atoms with E-state index in [4.69, 9.17) is 0 Å². The van der Waals surface area contributed by atoms with Gasteiger partial charge in [-0.3, -0.25) is 0 Å². The van der Waals surface area contributed by atoms with E-state index in [-0.39, 0.29) is 5.41 Å². The number of carbonyl (C=O) groups is 1. The highest BCUT2D eigenvalue weighted by molar-refractivity contribution is 5.51. The van der Waals surface area contributed by atoms with E-state index in [1.165, 1.54) is 18.4 Å². The van der Waals surface area contributed by atoms with Gasteiger partial charge in [0.15, 0.2) is 0 Å². The van der Waals surface area contributed by atoms with Crippen molar-refractivity contribution >= 4 is 6.29 Å². The van der Waals surface area contributed by atoms with Crippen LogP contribution in [0.15, 0.2) is 12.2 Å². The van der Waals surface area contributed by atoms with E-state index in [0.29, 0.717) is 12.3 Å². The number of rotatable bonds is 2. The summed E-state index contributed by atoms with van der Waals surface area (Å²) in [5, 5.41) is 0. The maximum atomic E-state index is 10.5. The lowest BCUT2D eigenvalue weighted by Crippen LogP contribution is -2.29. The molecule has 1 atom stereocenters. The Balaban J connectivity index is 2.73. The molecular formula is C11H18O. The lowest BCUT2D eigenvalue weighted by molar-refractivity contribution is -0.109. The van der Waals surface area contributed by atoms with Crippen molar-refractivity contribution in [2.45, 2.75) is 39.5 Å². The summed E-state index contributed by atoms with van der Waals surface area (Å²) < 4.78 is 0. The molecule has 1 rings (SSSR count). The molecule has 1 aliphatic carbocycles. The van der Waals surface area contributed by atoms with Crippen LogP contribution in [0.1, 0.15) is 39.5 Å². The summed E-state index contributed by atoms with van der Waals surface area (Å²) in [4.78, 5) is 10.5. The minimum absolute atomic E-state index is 0.288. The Morgan fingerprint density at radius 1 is 1.67 bits per heavy atom. The monoisotopic (exact) mass is 166 g/mol. The van der Waals surface area contributed by atoms with E-state index in [9.17, 15) is 4.79 Å². The van der Waals surface area contributed by atoms with Gasteiger partial charge in [0.1, 0.15) is 6.29 Å². The van der Waals surface area contributed by atoms with Gasteiger partial charge in [-0.1, -0.05) is 26.0 Å². The van der Waals surface area contributed by atoms with E-state index < -0.39 is 0 Å². The van der Waals surface area contributed by atoms with Crippen LogP contribution in [0.5, 0.6) is 0 Å². The number of hydrogen-bond donors (Lipinski definition) is 0. The van der Waals surface area contributed by atoms with E-state index in [2.05, 4.69) is 20.4 Å². The maximum Gasteiger partial charge on any atom is 0.120 e. The second-order valence-electron chi connectivity index (χ2n) is 4.46. The first kappa shape index (κ1) is 9.50. The fraction of sp³-hybridized carbons (Fsp3) is 0.727. The Morgan fingerprint density at radius 3 is 2.83 bits per heavy atom. The molecule has 12 heavy (non-hydrogen) atoms. The van der Waals surface area contributed by atoms with Crippen molar-refractivity contribution in [1.82, 2.24) is 0 Å². The molecule has 0 spiro atoms. The number of carbonyl (C=O) groups excluding carboxylic acids is 1. The minimum atomic E-state index is 0.288. The third-order valence-corrected chi connectivity index (χ3v) is 3.09. The predicted molar refractivity (Wildman–Crippen MR) is 50.9 cm³/mol. The van der Waals surface area contributed by atoms with Gasteiger partial charge >= 0.3 is 0 Å². The molecule has 0 aliphatic heterocycles. The molecule has 68 valence electrons. The minimum Gasteiger partial charge on any atom is -0.303 e. The Kier molecular flexibility index (Phi) is 2.71. The molecule has 0 unspecified atom stereocenters. The first-order chi connectivity index (χ1) is 5.58. The average molecular weight is 166 g/mol. The van der Waals surface area contributed by atoms with Crippen molar-refractivity contribution in [3.05, 3.63) is 12.2 Å². The molecule has 0 bridgehead atoms. The maximum absolute atomic E-state index is 10.5. The highest BCUT2D eigenvalue weighted by atomic mass is 16.1. The van der Waals surface area contributed by atoms with Crippen LogP contribution in [0.25, 0.3) is 0 Å². The summed E-state index contributed by atoms with van der Waals surface area (Å²) in [5.41, 5.74) is 1.56. The Labute approximate surface area is 74.9 Å². The van der Waals surface area contributed by atoms with Crippen LogP contribution in [0.2, 0.25) is 0 Å². The normalized spacial score (nSPS) is 28.5. The van der Waals surface area contributed by atoms with Gasteiger partial charge in [-0.2, -0.15) is 0 Å². The van der Waals surface area contributed by atoms with Crippen molar-refractivity contribution in [2.24, 2.45) is 11.3 Å². The summed E-state index contributed by atoms with van der Waals surface area (Å²) in [5.74, 6) is 0.420. The van der Waals surface area contributed by atoms with E-state index in [0.717, 1.165) is 12.7 Å². The Bertz CT molecular complexity index is 191. The Hall–Kier alpha value is -0.590. The lowest BCUT2D eigenvalue weighted by Gasteiger charge is -2.39. The molecule has 0 aromatic rings. The molecular weight excluding hydrogens is 148 g/mol. The fourth-order valence-corrected chi connectivity index (χ4v) is 2.25. The van der Waals surface area contributed by atoms with Crippen molar-refractivity contribution in [2.75, 3.05) is 0 Å². The van der Waals surface area contributed by atoms with Crippen molar-refractivity contribution in [3.8, 4) is 0 Å². The average Bonchev–Trinajstić information content (AvgIpc) is 1.97. The third kappa shape index (κ3) is 1.77. The first-order valence-corrected chi connectivity index (χ1v) is 4.69. The second-order valence-corrected chi connectivity index (χ2v) is 4.46. The summed E-state index contributed by atoms with van der Waals surface area (Å²) in [6.45, 7) is 8.53. The summed E-state index contributed by atoms with van der Waals surface area (Å²) >= 11 is 0. The van der Waals surface area contributed by atoms with Crippen LogP contribution in [0.3, 0.4) is 0 Å². The van der Waals surface area contributed by atoms with Gasteiger partial charge in [-0.25, -0.2) is 0 Å². The molecule has 1 aliphatic rings. The third-order valence-electron chi connectivity index (χ3n) is 3.09.